The summed E-state index contributed by atoms with van der Waals surface area (Å²) in [5, 5.41) is 1.02. The van der Waals surface area contributed by atoms with Gasteiger partial charge in [0.1, 0.15) is 12.2 Å². The summed E-state index contributed by atoms with van der Waals surface area (Å²) in [5.74, 6) is 1.56. The third-order valence-corrected chi connectivity index (χ3v) is 3.66. The standard InChI is InChI=1S/C15H20N2O2/c16-11-14-15(12-5-1-2-6-13(12)19-14)18-10-9-17-7-3-4-8-17/h1-2,5-6H,3-4,7-11,16H2. The van der Waals surface area contributed by atoms with Gasteiger partial charge in [-0.2, -0.15) is 0 Å². The average Bonchev–Trinajstić information content (AvgIpc) is 3.06. The largest absolute Gasteiger partial charge is 0.488 e. The minimum absolute atomic E-state index is 0.369. The van der Waals surface area contributed by atoms with E-state index in [1.54, 1.807) is 0 Å². The molecule has 102 valence electrons. The molecule has 0 amide bonds. The topological polar surface area (TPSA) is 51.6 Å². The number of nitrogens with two attached hydrogens (primary N) is 1. The number of furan rings is 1. The third kappa shape index (κ3) is 2.60. The highest BCUT2D eigenvalue weighted by Crippen LogP contribution is 2.32. The van der Waals surface area contributed by atoms with Crippen LogP contribution in [0.1, 0.15) is 18.6 Å². The summed E-state index contributed by atoms with van der Waals surface area (Å²) in [7, 11) is 0. The summed E-state index contributed by atoms with van der Waals surface area (Å²) in [5.41, 5.74) is 6.57. The summed E-state index contributed by atoms with van der Waals surface area (Å²) in [6.07, 6.45) is 2.62. The van der Waals surface area contributed by atoms with Crippen molar-refractivity contribution < 1.29 is 9.15 Å². The van der Waals surface area contributed by atoms with E-state index < -0.39 is 0 Å². The van der Waals surface area contributed by atoms with Gasteiger partial charge in [-0.1, -0.05) is 12.1 Å². The molecule has 1 aromatic heterocycles. The minimum atomic E-state index is 0.369. The first kappa shape index (κ1) is 12.5. The van der Waals surface area contributed by atoms with Gasteiger partial charge in [-0.15, -0.1) is 0 Å². The van der Waals surface area contributed by atoms with E-state index in [0.29, 0.717) is 13.2 Å². The molecule has 2 aromatic rings. The van der Waals surface area contributed by atoms with Crippen LogP contribution in [0.2, 0.25) is 0 Å². The second-order valence-corrected chi connectivity index (χ2v) is 4.95. The van der Waals surface area contributed by atoms with E-state index in [0.717, 1.165) is 29.0 Å². The molecule has 1 aliphatic heterocycles. The van der Waals surface area contributed by atoms with Crippen LogP contribution in [0.4, 0.5) is 0 Å². The fourth-order valence-electron chi connectivity index (χ4n) is 2.65. The molecule has 2 heterocycles. The van der Waals surface area contributed by atoms with E-state index in [9.17, 15) is 0 Å². The highest BCUT2D eigenvalue weighted by Gasteiger charge is 2.15. The Kier molecular flexibility index (Phi) is 3.71. The highest BCUT2D eigenvalue weighted by atomic mass is 16.5. The van der Waals surface area contributed by atoms with Gasteiger partial charge in [0.05, 0.1) is 11.9 Å². The fourth-order valence-corrected chi connectivity index (χ4v) is 2.65. The van der Waals surface area contributed by atoms with E-state index in [1.165, 1.54) is 25.9 Å². The van der Waals surface area contributed by atoms with E-state index in [1.807, 2.05) is 24.3 Å². The number of hydrogen-bond acceptors (Lipinski definition) is 4. The molecule has 1 saturated heterocycles. The number of hydrogen-bond donors (Lipinski definition) is 1. The lowest BCUT2D eigenvalue weighted by atomic mass is 10.2. The van der Waals surface area contributed by atoms with Crippen molar-refractivity contribution in [2.24, 2.45) is 5.73 Å². The number of benzene rings is 1. The monoisotopic (exact) mass is 260 g/mol. The van der Waals surface area contributed by atoms with Crippen molar-refractivity contribution in [2.75, 3.05) is 26.2 Å². The van der Waals surface area contributed by atoms with Crippen LogP contribution in [0.25, 0.3) is 11.0 Å². The lowest BCUT2D eigenvalue weighted by Gasteiger charge is -2.14. The second-order valence-electron chi connectivity index (χ2n) is 4.95. The van der Waals surface area contributed by atoms with E-state index in [-0.39, 0.29) is 0 Å². The molecule has 0 unspecified atom stereocenters. The van der Waals surface area contributed by atoms with Crippen molar-refractivity contribution in [3.63, 3.8) is 0 Å². The van der Waals surface area contributed by atoms with Gasteiger partial charge in [-0.25, -0.2) is 0 Å². The number of rotatable bonds is 5. The van der Waals surface area contributed by atoms with Gasteiger partial charge in [0.25, 0.3) is 0 Å². The Morgan fingerprint density at radius 1 is 1.21 bits per heavy atom. The molecule has 0 aliphatic carbocycles. The fraction of sp³-hybridized carbons (Fsp3) is 0.467. The van der Waals surface area contributed by atoms with Crippen molar-refractivity contribution >= 4 is 11.0 Å². The molecule has 0 spiro atoms. The van der Waals surface area contributed by atoms with Crippen molar-refractivity contribution in [3.8, 4) is 5.75 Å². The number of fused-ring (bicyclic) bond motifs is 1. The predicted octanol–water partition coefficient (Wildman–Crippen LogP) is 2.37. The lowest BCUT2D eigenvalue weighted by Crippen LogP contribution is -2.25. The first-order chi connectivity index (χ1) is 9.38. The third-order valence-electron chi connectivity index (χ3n) is 3.66. The van der Waals surface area contributed by atoms with Gasteiger partial charge < -0.3 is 14.9 Å². The Morgan fingerprint density at radius 2 is 2.00 bits per heavy atom. The average molecular weight is 260 g/mol. The van der Waals surface area contributed by atoms with Gasteiger partial charge in [-0.3, -0.25) is 4.90 Å². The molecular weight excluding hydrogens is 240 g/mol. The van der Waals surface area contributed by atoms with Crippen molar-refractivity contribution in [2.45, 2.75) is 19.4 Å². The van der Waals surface area contributed by atoms with E-state index >= 15 is 0 Å². The Morgan fingerprint density at radius 3 is 2.79 bits per heavy atom. The van der Waals surface area contributed by atoms with Crippen molar-refractivity contribution in [3.05, 3.63) is 30.0 Å². The zero-order chi connectivity index (χ0) is 13.1. The summed E-state index contributed by atoms with van der Waals surface area (Å²) in [4.78, 5) is 2.43. The van der Waals surface area contributed by atoms with Crippen molar-refractivity contribution in [1.82, 2.24) is 4.90 Å². The molecular formula is C15H20N2O2. The van der Waals surface area contributed by atoms with Crippen LogP contribution in [0.15, 0.2) is 28.7 Å². The first-order valence-corrected chi connectivity index (χ1v) is 6.94. The maximum Gasteiger partial charge on any atom is 0.169 e. The molecule has 0 radical (unpaired) electrons. The van der Waals surface area contributed by atoms with Crippen LogP contribution in [-0.2, 0) is 6.54 Å². The maximum absolute atomic E-state index is 5.93. The highest BCUT2D eigenvalue weighted by molar-refractivity contribution is 5.85. The van der Waals surface area contributed by atoms with Gasteiger partial charge in [0.15, 0.2) is 11.5 Å². The Balaban J connectivity index is 1.71. The summed E-state index contributed by atoms with van der Waals surface area (Å²) in [6, 6.07) is 7.91. The van der Waals surface area contributed by atoms with Crippen LogP contribution >= 0.6 is 0 Å². The van der Waals surface area contributed by atoms with E-state index in [2.05, 4.69) is 4.90 Å². The normalized spacial score (nSPS) is 16.3. The predicted molar refractivity (Wildman–Crippen MR) is 75.3 cm³/mol. The first-order valence-electron chi connectivity index (χ1n) is 6.94. The minimum Gasteiger partial charge on any atom is -0.488 e. The molecule has 4 nitrogen and oxygen atoms in total. The zero-order valence-corrected chi connectivity index (χ0v) is 11.1. The lowest BCUT2D eigenvalue weighted by molar-refractivity contribution is 0.235. The van der Waals surface area contributed by atoms with Gasteiger partial charge in [0.2, 0.25) is 0 Å². The smallest absolute Gasteiger partial charge is 0.169 e. The molecule has 19 heavy (non-hydrogen) atoms. The van der Waals surface area contributed by atoms with Gasteiger partial charge >= 0.3 is 0 Å². The van der Waals surface area contributed by atoms with Crippen LogP contribution in [0.5, 0.6) is 5.75 Å². The van der Waals surface area contributed by atoms with E-state index in [4.69, 9.17) is 14.9 Å². The number of nitrogens with zero attached hydrogens (tertiary/aromatic N) is 1. The molecule has 0 saturated carbocycles. The maximum atomic E-state index is 5.93. The molecule has 1 aliphatic rings. The van der Waals surface area contributed by atoms with Crippen molar-refractivity contribution in [1.29, 1.82) is 0 Å². The van der Waals surface area contributed by atoms with Crippen LogP contribution < -0.4 is 10.5 Å². The molecule has 0 bridgehead atoms. The van der Waals surface area contributed by atoms with Gasteiger partial charge in [-0.05, 0) is 38.1 Å². The Labute approximate surface area is 113 Å². The zero-order valence-electron chi connectivity index (χ0n) is 11.1. The van der Waals surface area contributed by atoms with Gasteiger partial charge in [0, 0.05) is 6.54 Å². The second kappa shape index (κ2) is 5.63. The Hall–Kier alpha value is -1.52. The molecule has 1 aromatic carbocycles. The number of likely N-dealkylation sites (tertiary alicyclic amines) is 1. The van der Waals surface area contributed by atoms with Crippen LogP contribution in [-0.4, -0.2) is 31.1 Å². The molecule has 4 heteroatoms. The number of ether oxygens (including phenoxy) is 1. The van der Waals surface area contributed by atoms with Crippen LogP contribution in [0, 0.1) is 0 Å². The molecule has 3 rings (SSSR count). The summed E-state index contributed by atoms with van der Waals surface area (Å²) < 4.78 is 11.6. The summed E-state index contributed by atoms with van der Waals surface area (Å²) >= 11 is 0. The Bertz CT molecular complexity index is 544. The quantitative estimate of drug-likeness (QED) is 0.896. The summed E-state index contributed by atoms with van der Waals surface area (Å²) in [6.45, 7) is 4.42. The number of para-hydroxylation sites is 1. The molecule has 0 atom stereocenters. The SMILES string of the molecule is NCc1oc2ccccc2c1OCCN1CCCC1. The molecule has 1 fully saturated rings. The molecule has 2 N–H and O–H groups in total. The van der Waals surface area contributed by atoms with Crippen LogP contribution in [0.3, 0.4) is 0 Å².